The lowest BCUT2D eigenvalue weighted by Gasteiger charge is -2.35. The topological polar surface area (TPSA) is 76.0 Å². The Hall–Kier alpha value is -3.31. The zero-order chi connectivity index (χ0) is 22.1. The molecule has 162 valence electrons. The average molecular weight is 421 g/mol. The maximum Gasteiger partial charge on any atom is 0.351 e. The Balaban J connectivity index is 1.80. The fraction of sp³-hybridized carbons (Fsp3) is 0.269. The van der Waals surface area contributed by atoms with Crippen molar-refractivity contribution in [1.29, 1.82) is 0 Å². The highest BCUT2D eigenvalue weighted by molar-refractivity contribution is 5.79. The summed E-state index contributed by atoms with van der Waals surface area (Å²) in [6.07, 6.45) is 0.224. The lowest BCUT2D eigenvalue weighted by atomic mass is 9.86. The summed E-state index contributed by atoms with van der Waals surface area (Å²) in [7, 11) is 0. The van der Waals surface area contributed by atoms with Crippen molar-refractivity contribution in [3.8, 4) is 11.5 Å². The van der Waals surface area contributed by atoms with Gasteiger partial charge in [0.05, 0.1) is 0 Å². The molecule has 0 saturated carbocycles. The van der Waals surface area contributed by atoms with E-state index in [1.165, 1.54) is 0 Å². The third-order valence-corrected chi connectivity index (χ3v) is 5.19. The molecule has 0 aliphatic rings. The number of carbonyl (C=O) groups is 1. The molecule has 5 nitrogen and oxygen atoms in total. The fourth-order valence-electron chi connectivity index (χ4n) is 3.41. The van der Waals surface area contributed by atoms with Gasteiger partial charge in [0.1, 0.15) is 24.2 Å². The van der Waals surface area contributed by atoms with Crippen molar-refractivity contribution in [3.63, 3.8) is 0 Å². The SMILES string of the molecule is CCCCC(Oc1ccccc1)(C(=O)O)C(O)c1ccc(OCc2ccccc2)cc1. The molecule has 3 aromatic rings. The molecule has 31 heavy (non-hydrogen) atoms. The van der Waals surface area contributed by atoms with Crippen LogP contribution in [0.5, 0.6) is 11.5 Å². The number of hydrogen-bond acceptors (Lipinski definition) is 4. The summed E-state index contributed by atoms with van der Waals surface area (Å²) >= 11 is 0. The Morgan fingerprint density at radius 1 is 0.903 bits per heavy atom. The molecule has 3 aromatic carbocycles. The summed E-state index contributed by atoms with van der Waals surface area (Å²) in [6, 6.07) is 25.4. The number of aliphatic hydroxyl groups excluding tert-OH is 1. The van der Waals surface area contributed by atoms with E-state index in [1.807, 2.05) is 43.3 Å². The first-order valence-electron chi connectivity index (χ1n) is 10.5. The number of unbranched alkanes of at least 4 members (excludes halogenated alkanes) is 1. The fourth-order valence-corrected chi connectivity index (χ4v) is 3.41. The van der Waals surface area contributed by atoms with Crippen LogP contribution in [0.3, 0.4) is 0 Å². The van der Waals surface area contributed by atoms with Crippen LogP contribution in [-0.4, -0.2) is 21.8 Å². The summed E-state index contributed by atoms with van der Waals surface area (Å²) in [5, 5.41) is 21.2. The molecular formula is C26H28O5. The molecular weight excluding hydrogens is 392 g/mol. The number of para-hydroxylation sites is 1. The highest BCUT2D eigenvalue weighted by Crippen LogP contribution is 2.36. The first-order chi connectivity index (χ1) is 15.0. The van der Waals surface area contributed by atoms with Gasteiger partial charge in [-0.05, 0) is 41.8 Å². The molecule has 0 spiro atoms. The van der Waals surface area contributed by atoms with E-state index in [9.17, 15) is 15.0 Å². The quantitative estimate of drug-likeness (QED) is 0.435. The Labute approximate surface area is 182 Å². The molecule has 0 aliphatic heterocycles. The van der Waals surface area contributed by atoms with E-state index in [0.29, 0.717) is 30.1 Å². The van der Waals surface area contributed by atoms with Crippen LogP contribution in [0.1, 0.15) is 43.4 Å². The van der Waals surface area contributed by atoms with Crippen molar-refractivity contribution in [3.05, 3.63) is 96.1 Å². The molecule has 0 aromatic heterocycles. The average Bonchev–Trinajstić information content (AvgIpc) is 2.81. The molecule has 0 aliphatic carbocycles. The third-order valence-electron chi connectivity index (χ3n) is 5.19. The number of carboxylic acids is 1. The van der Waals surface area contributed by atoms with E-state index < -0.39 is 17.7 Å². The molecule has 0 amide bonds. The molecule has 0 heterocycles. The van der Waals surface area contributed by atoms with Gasteiger partial charge in [-0.2, -0.15) is 0 Å². The maximum absolute atomic E-state index is 12.4. The Kier molecular flexibility index (Phi) is 7.68. The van der Waals surface area contributed by atoms with Gasteiger partial charge in [-0.25, -0.2) is 4.79 Å². The van der Waals surface area contributed by atoms with Gasteiger partial charge < -0.3 is 19.7 Å². The number of aliphatic carboxylic acids is 1. The molecule has 0 fully saturated rings. The summed E-state index contributed by atoms with van der Waals surface area (Å²) in [5.41, 5.74) is -0.280. The molecule has 0 saturated heterocycles. The summed E-state index contributed by atoms with van der Waals surface area (Å²) in [4.78, 5) is 12.4. The summed E-state index contributed by atoms with van der Waals surface area (Å²) in [5.74, 6) is -0.150. The van der Waals surface area contributed by atoms with Crippen LogP contribution in [0.15, 0.2) is 84.9 Å². The second-order valence-electron chi connectivity index (χ2n) is 7.46. The van der Waals surface area contributed by atoms with Crippen LogP contribution >= 0.6 is 0 Å². The molecule has 5 heteroatoms. The number of aliphatic hydroxyl groups is 1. The van der Waals surface area contributed by atoms with Crippen LogP contribution in [-0.2, 0) is 11.4 Å². The number of hydrogen-bond donors (Lipinski definition) is 2. The number of rotatable bonds is 11. The molecule has 3 rings (SSSR count). The minimum absolute atomic E-state index is 0.182. The molecule has 0 radical (unpaired) electrons. The normalized spacial score (nSPS) is 13.7. The number of carboxylic acid groups (broad SMARTS) is 1. The molecule has 0 bridgehead atoms. The van der Waals surface area contributed by atoms with E-state index >= 15 is 0 Å². The van der Waals surface area contributed by atoms with Crippen LogP contribution in [0.2, 0.25) is 0 Å². The van der Waals surface area contributed by atoms with Gasteiger partial charge in [0.2, 0.25) is 5.60 Å². The summed E-state index contributed by atoms with van der Waals surface area (Å²) < 4.78 is 11.7. The molecule has 2 N–H and O–H groups in total. The zero-order valence-corrected chi connectivity index (χ0v) is 17.6. The standard InChI is InChI=1S/C26H28O5/c1-2-3-18-26(25(28)29,31-23-12-8-5-9-13-23)24(27)21-14-16-22(17-15-21)30-19-20-10-6-4-7-11-20/h4-17,24,27H,2-3,18-19H2,1H3,(H,28,29). The van der Waals surface area contributed by atoms with Gasteiger partial charge in [0.15, 0.2) is 0 Å². The van der Waals surface area contributed by atoms with Crippen LogP contribution in [0, 0.1) is 0 Å². The zero-order valence-electron chi connectivity index (χ0n) is 17.6. The van der Waals surface area contributed by atoms with E-state index in [4.69, 9.17) is 9.47 Å². The predicted molar refractivity (Wildman–Crippen MR) is 119 cm³/mol. The van der Waals surface area contributed by atoms with E-state index in [0.717, 1.165) is 12.0 Å². The second kappa shape index (κ2) is 10.6. The van der Waals surface area contributed by atoms with Crippen LogP contribution in [0.25, 0.3) is 0 Å². The highest BCUT2D eigenvalue weighted by atomic mass is 16.5. The van der Waals surface area contributed by atoms with Gasteiger partial charge in [-0.3, -0.25) is 0 Å². The van der Waals surface area contributed by atoms with Crippen molar-refractivity contribution in [2.45, 2.75) is 44.5 Å². The van der Waals surface area contributed by atoms with Crippen LogP contribution in [0.4, 0.5) is 0 Å². The Morgan fingerprint density at radius 3 is 2.10 bits per heavy atom. The number of benzene rings is 3. The highest BCUT2D eigenvalue weighted by Gasteiger charge is 2.48. The Morgan fingerprint density at radius 2 is 1.52 bits per heavy atom. The smallest absolute Gasteiger partial charge is 0.351 e. The van der Waals surface area contributed by atoms with Gasteiger partial charge in [0, 0.05) is 6.42 Å². The first-order valence-corrected chi connectivity index (χ1v) is 10.5. The van der Waals surface area contributed by atoms with Gasteiger partial charge in [-0.1, -0.05) is 74.0 Å². The van der Waals surface area contributed by atoms with Crippen molar-refractivity contribution in [2.75, 3.05) is 0 Å². The van der Waals surface area contributed by atoms with Crippen LogP contribution < -0.4 is 9.47 Å². The van der Waals surface area contributed by atoms with Gasteiger partial charge in [0.25, 0.3) is 0 Å². The lowest BCUT2D eigenvalue weighted by molar-refractivity contribution is -0.168. The summed E-state index contributed by atoms with van der Waals surface area (Å²) in [6.45, 7) is 2.40. The molecule has 2 atom stereocenters. The van der Waals surface area contributed by atoms with Crippen molar-refractivity contribution >= 4 is 5.97 Å². The second-order valence-corrected chi connectivity index (χ2v) is 7.46. The maximum atomic E-state index is 12.4. The van der Waals surface area contributed by atoms with E-state index in [1.54, 1.807) is 48.5 Å². The van der Waals surface area contributed by atoms with Gasteiger partial charge in [-0.15, -0.1) is 0 Å². The van der Waals surface area contributed by atoms with Crippen molar-refractivity contribution < 1.29 is 24.5 Å². The monoisotopic (exact) mass is 420 g/mol. The minimum atomic E-state index is -1.79. The van der Waals surface area contributed by atoms with E-state index in [-0.39, 0.29) is 6.42 Å². The van der Waals surface area contributed by atoms with Gasteiger partial charge >= 0.3 is 5.97 Å². The minimum Gasteiger partial charge on any atom is -0.489 e. The van der Waals surface area contributed by atoms with E-state index in [2.05, 4.69) is 0 Å². The largest absolute Gasteiger partial charge is 0.489 e. The first kappa shape index (κ1) is 22.4. The third kappa shape index (κ3) is 5.64. The predicted octanol–water partition coefficient (Wildman–Crippen LogP) is 5.39. The number of ether oxygens (including phenoxy) is 2. The lowest BCUT2D eigenvalue weighted by Crippen LogP contribution is -2.50. The Bertz CT molecular complexity index is 941. The van der Waals surface area contributed by atoms with Crippen molar-refractivity contribution in [1.82, 2.24) is 0 Å². The van der Waals surface area contributed by atoms with Crippen molar-refractivity contribution in [2.24, 2.45) is 0 Å². The molecule has 2 unspecified atom stereocenters.